The highest BCUT2D eigenvalue weighted by Crippen LogP contribution is 2.46. The summed E-state index contributed by atoms with van der Waals surface area (Å²) >= 11 is 1.98. The highest BCUT2D eigenvalue weighted by molar-refractivity contribution is 7.12. The Bertz CT molecular complexity index is 892. The fraction of sp³-hybridized carbons (Fsp3) is 0.667. The van der Waals surface area contributed by atoms with E-state index in [2.05, 4.69) is 40.1 Å². The van der Waals surface area contributed by atoms with Gasteiger partial charge in [-0.25, -0.2) is 9.97 Å². The molecule has 3 atom stereocenters. The number of aryl methyl sites for hydroxylation is 1. The number of nitrogens with zero attached hydrogens (tertiary/aromatic N) is 3. The van der Waals surface area contributed by atoms with E-state index in [4.69, 9.17) is 4.74 Å². The van der Waals surface area contributed by atoms with Crippen LogP contribution in [0.1, 0.15) is 68.3 Å². The standard InChI is InChI=1S/C24H36N4O2S/c1-6-19-11-20-21(31-19)7-10-30-24(20)8-9-28(16(2)12-24)15-18-13-25-22(26-14-18)27-17(3)23(4,5)29/h11,13-14,16-17,29H,6-10,12,15H2,1-5H3,(H,25,26,27)/t16-,17-,24+/m0/s1. The Morgan fingerprint density at radius 3 is 2.77 bits per heavy atom. The van der Waals surface area contributed by atoms with E-state index in [9.17, 15) is 5.11 Å². The van der Waals surface area contributed by atoms with Crippen LogP contribution in [0.3, 0.4) is 0 Å². The van der Waals surface area contributed by atoms with Gasteiger partial charge in [0.2, 0.25) is 5.95 Å². The smallest absolute Gasteiger partial charge is 0.222 e. The summed E-state index contributed by atoms with van der Waals surface area (Å²) in [6.45, 7) is 12.7. The number of anilines is 1. The van der Waals surface area contributed by atoms with Crippen LogP contribution < -0.4 is 5.32 Å². The number of rotatable bonds is 6. The lowest BCUT2D eigenvalue weighted by Crippen LogP contribution is -2.50. The second kappa shape index (κ2) is 8.77. The van der Waals surface area contributed by atoms with Crippen LogP contribution in [0.2, 0.25) is 0 Å². The third kappa shape index (κ3) is 4.80. The Hall–Kier alpha value is -1.54. The topological polar surface area (TPSA) is 70.5 Å². The molecule has 0 unspecified atom stereocenters. The summed E-state index contributed by atoms with van der Waals surface area (Å²) in [4.78, 5) is 14.5. The van der Waals surface area contributed by atoms with Crippen molar-refractivity contribution in [1.29, 1.82) is 0 Å². The maximum atomic E-state index is 10.1. The molecule has 2 aromatic heterocycles. The molecule has 31 heavy (non-hydrogen) atoms. The number of hydrogen-bond donors (Lipinski definition) is 2. The van der Waals surface area contributed by atoms with Crippen molar-refractivity contribution in [2.45, 2.75) is 90.1 Å². The third-order valence-corrected chi connectivity index (χ3v) is 8.29. The quantitative estimate of drug-likeness (QED) is 0.698. The zero-order valence-corrected chi connectivity index (χ0v) is 20.3. The molecule has 6 nitrogen and oxygen atoms in total. The number of aliphatic hydroxyl groups is 1. The summed E-state index contributed by atoms with van der Waals surface area (Å²) in [6.07, 6.45) is 8.02. The van der Waals surface area contributed by atoms with Crippen molar-refractivity contribution in [2.24, 2.45) is 0 Å². The minimum absolute atomic E-state index is 0.106. The van der Waals surface area contributed by atoms with Crippen LogP contribution in [0.5, 0.6) is 0 Å². The number of fused-ring (bicyclic) bond motifs is 2. The van der Waals surface area contributed by atoms with Gasteiger partial charge in [0, 0.05) is 53.3 Å². The molecular weight excluding hydrogens is 408 g/mol. The number of thiophene rings is 1. The lowest BCUT2D eigenvalue weighted by Gasteiger charge is -2.47. The first-order valence-corrected chi connectivity index (χ1v) is 12.3. The molecule has 0 radical (unpaired) electrons. The van der Waals surface area contributed by atoms with Crippen LogP contribution in [0.4, 0.5) is 5.95 Å². The molecule has 2 aromatic rings. The minimum atomic E-state index is -0.831. The van der Waals surface area contributed by atoms with E-state index < -0.39 is 5.60 Å². The monoisotopic (exact) mass is 444 g/mol. The first kappa shape index (κ1) is 22.6. The zero-order valence-electron chi connectivity index (χ0n) is 19.4. The summed E-state index contributed by atoms with van der Waals surface area (Å²) < 4.78 is 6.47. The molecule has 2 N–H and O–H groups in total. The molecule has 0 bridgehead atoms. The van der Waals surface area contributed by atoms with Gasteiger partial charge in [-0.05, 0) is 58.6 Å². The number of ether oxygens (including phenoxy) is 1. The van der Waals surface area contributed by atoms with E-state index in [0.717, 1.165) is 50.9 Å². The van der Waals surface area contributed by atoms with Gasteiger partial charge in [0.25, 0.3) is 0 Å². The molecule has 2 aliphatic heterocycles. The molecule has 4 heterocycles. The zero-order chi connectivity index (χ0) is 22.2. The Labute approximate surface area is 190 Å². The van der Waals surface area contributed by atoms with E-state index >= 15 is 0 Å². The first-order chi connectivity index (χ1) is 14.7. The van der Waals surface area contributed by atoms with Crippen LogP contribution in [0, 0.1) is 0 Å². The van der Waals surface area contributed by atoms with Crippen molar-refractivity contribution in [3.8, 4) is 0 Å². The van der Waals surface area contributed by atoms with Gasteiger partial charge >= 0.3 is 0 Å². The molecule has 0 amide bonds. The van der Waals surface area contributed by atoms with Crippen LogP contribution >= 0.6 is 11.3 Å². The second-order valence-corrected chi connectivity index (χ2v) is 10.9. The average molecular weight is 445 g/mol. The Morgan fingerprint density at radius 1 is 1.39 bits per heavy atom. The average Bonchev–Trinajstić information content (AvgIpc) is 3.16. The van der Waals surface area contributed by atoms with Crippen molar-refractivity contribution in [1.82, 2.24) is 14.9 Å². The normalized spacial score (nSPS) is 25.4. The molecule has 1 fully saturated rings. The van der Waals surface area contributed by atoms with Gasteiger partial charge in [-0.15, -0.1) is 11.3 Å². The van der Waals surface area contributed by atoms with Gasteiger partial charge in [-0.1, -0.05) is 6.92 Å². The molecule has 4 rings (SSSR count). The maximum absolute atomic E-state index is 10.1. The molecule has 170 valence electrons. The molecule has 1 spiro atoms. The number of nitrogens with one attached hydrogen (secondary N) is 1. The Kier molecular flexibility index (Phi) is 6.41. The first-order valence-electron chi connectivity index (χ1n) is 11.5. The Balaban J connectivity index is 1.40. The van der Waals surface area contributed by atoms with Gasteiger partial charge < -0.3 is 15.2 Å². The molecule has 7 heteroatoms. The van der Waals surface area contributed by atoms with Gasteiger partial charge in [-0.2, -0.15) is 0 Å². The summed E-state index contributed by atoms with van der Waals surface area (Å²) in [5, 5.41) is 13.3. The summed E-state index contributed by atoms with van der Waals surface area (Å²) in [7, 11) is 0. The molecule has 0 saturated carbocycles. The van der Waals surface area contributed by atoms with Gasteiger partial charge in [0.15, 0.2) is 0 Å². The van der Waals surface area contributed by atoms with Gasteiger partial charge in [0.05, 0.1) is 23.9 Å². The van der Waals surface area contributed by atoms with Crippen LogP contribution in [0.15, 0.2) is 18.5 Å². The van der Waals surface area contributed by atoms with Crippen molar-refractivity contribution in [3.05, 3.63) is 39.3 Å². The predicted molar refractivity (Wildman–Crippen MR) is 126 cm³/mol. The number of piperidine rings is 1. The van der Waals surface area contributed by atoms with Crippen LogP contribution in [-0.2, 0) is 29.7 Å². The van der Waals surface area contributed by atoms with E-state index in [0.29, 0.717) is 12.0 Å². The number of hydrogen-bond acceptors (Lipinski definition) is 7. The molecule has 0 aliphatic carbocycles. The van der Waals surface area contributed by atoms with Crippen molar-refractivity contribution in [2.75, 3.05) is 18.5 Å². The molecular formula is C24H36N4O2S. The molecule has 0 aromatic carbocycles. The van der Waals surface area contributed by atoms with Gasteiger partial charge in [-0.3, -0.25) is 4.90 Å². The van der Waals surface area contributed by atoms with E-state index in [1.807, 2.05) is 30.7 Å². The third-order valence-electron chi connectivity index (χ3n) is 6.95. The number of aromatic nitrogens is 2. The summed E-state index contributed by atoms with van der Waals surface area (Å²) in [5.41, 5.74) is 1.64. The highest BCUT2D eigenvalue weighted by Gasteiger charge is 2.44. The van der Waals surface area contributed by atoms with E-state index in [1.165, 1.54) is 10.4 Å². The Morgan fingerprint density at radius 2 is 2.13 bits per heavy atom. The lowest BCUT2D eigenvalue weighted by molar-refractivity contribution is -0.112. The SMILES string of the molecule is CCc1cc2c(s1)CCO[C@@]21CCN(Cc2cnc(N[C@@H](C)C(C)(C)O)nc2)[C@@H](C)C1. The van der Waals surface area contributed by atoms with Crippen LogP contribution in [0.25, 0.3) is 0 Å². The largest absolute Gasteiger partial charge is 0.388 e. The van der Waals surface area contributed by atoms with Crippen molar-refractivity contribution >= 4 is 17.3 Å². The predicted octanol–water partition coefficient (Wildman–Crippen LogP) is 4.12. The highest BCUT2D eigenvalue weighted by atomic mass is 32.1. The van der Waals surface area contributed by atoms with Gasteiger partial charge in [0.1, 0.15) is 0 Å². The van der Waals surface area contributed by atoms with E-state index in [-0.39, 0.29) is 11.6 Å². The summed E-state index contributed by atoms with van der Waals surface area (Å²) in [6, 6.07) is 2.70. The van der Waals surface area contributed by atoms with E-state index in [1.54, 1.807) is 18.7 Å². The molecule has 1 saturated heterocycles. The lowest BCUT2D eigenvalue weighted by atomic mass is 9.79. The second-order valence-electron chi connectivity index (χ2n) is 9.70. The fourth-order valence-electron chi connectivity index (χ4n) is 4.63. The fourth-order valence-corrected chi connectivity index (χ4v) is 5.80. The summed E-state index contributed by atoms with van der Waals surface area (Å²) in [5.74, 6) is 0.552. The minimum Gasteiger partial charge on any atom is -0.388 e. The molecule has 2 aliphatic rings. The van der Waals surface area contributed by atoms with Crippen LogP contribution in [-0.4, -0.2) is 50.8 Å². The number of likely N-dealkylation sites (tertiary alicyclic amines) is 1. The maximum Gasteiger partial charge on any atom is 0.222 e. The van der Waals surface area contributed by atoms with Crippen molar-refractivity contribution in [3.63, 3.8) is 0 Å². The van der Waals surface area contributed by atoms with Crippen molar-refractivity contribution < 1.29 is 9.84 Å².